The lowest BCUT2D eigenvalue weighted by molar-refractivity contribution is 0.416. The van der Waals surface area contributed by atoms with Crippen molar-refractivity contribution in [2.75, 3.05) is 7.11 Å². The number of aromatic nitrogens is 1. The topological polar surface area (TPSA) is 45.9 Å². The molecule has 0 aliphatic carbocycles. The highest BCUT2D eigenvalue weighted by Gasteiger charge is 2.10. The van der Waals surface area contributed by atoms with Gasteiger partial charge in [-0.1, -0.05) is 15.9 Å². The molecule has 0 fully saturated rings. The maximum atomic E-state index is 8.63. The van der Waals surface area contributed by atoms with E-state index in [-0.39, 0.29) is 0 Å². The van der Waals surface area contributed by atoms with Crippen LogP contribution in [0.5, 0.6) is 5.75 Å². The van der Waals surface area contributed by atoms with Crippen LogP contribution in [-0.4, -0.2) is 12.1 Å². The van der Waals surface area contributed by atoms with Crippen molar-refractivity contribution in [3.63, 3.8) is 0 Å². The van der Waals surface area contributed by atoms with Crippen molar-refractivity contribution in [3.05, 3.63) is 33.1 Å². The summed E-state index contributed by atoms with van der Waals surface area (Å²) < 4.78 is 6.28. The minimum Gasteiger partial charge on any atom is -0.496 e. The Bertz CT molecular complexity index is 574. The molecule has 17 heavy (non-hydrogen) atoms. The highest BCUT2D eigenvalue weighted by atomic mass is 79.9. The number of benzene rings is 1. The van der Waals surface area contributed by atoms with E-state index in [4.69, 9.17) is 10.00 Å². The summed E-state index contributed by atoms with van der Waals surface area (Å²) in [6.45, 7) is 0. The van der Waals surface area contributed by atoms with Gasteiger partial charge in [-0.25, -0.2) is 4.98 Å². The van der Waals surface area contributed by atoms with Gasteiger partial charge in [0.2, 0.25) is 0 Å². The average Bonchev–Trinajstić information content (AvgIpc) is 2.78. The molecule has 1 aromatic heterocycles. The van der Waals surface area contributed by atoms with E-state index < -0.39 is 0 Å². The quantitative estimate of drug-likeness (QED) is 0.869. The molecule has 0 unspecified atom stereocenters. The number of hydrogen-bond donors (Lipinski definition) is 0. The Morgan fingerprint density at radius 3 is 3.06 bits per heavy atom. The Kier molecular flexibility index (Phi) is 3.77. The molecule has 0 spiro atoms. The molecule has 2 rings (SSSR count). The molecule has 0 atom stereocenters. The van der Waals surface area contributed by atoms with Gasteiger partial charge in [-0.2, -0.15) is 5.26 Å². The molecule has 0 aliphatic rings. The highest BCUT2D eigenvalue weighted by Crippen LogP contribution is 2.33. The molecule has 1 heterocycles. The van der Waals surface area contributed by atoms with Crippen LogP contribution in [0.3, 0.4) is 0 Å². The molecule has 0 amide bonds. The second-order valence-corrected chi connectivity index (χ2v) is 5.16. The van der Waals surface area contributed by atoms with Gasteiger partial charge in [0.25, 0.3) is 0 Å². The highest BCUT2D eigenvalue weighted by molar-refractivity contribution is 9.10. The molecule has 86 valence electrons. The fraction of sp³-hybridized carbons (Fsp3) is 0.167. The molecule has 0 N–H and O–H groups in total. The van der Waals surface area contributed by atoms with Crippen molar-refractivity contribution < 1.29 is 4.74 Å². The van der Waals surface area contributed by atoms with Gasteiger partial charge in [-0.05, 0) is 18.2 Å². The fourth-order valence-corrected chi connectivity index (χ4v) is 2.55. The zero-order valence-corrected chi connectivity index (χ0v) is 11.5. The van der Waals surface area contributed by atoms with Crippen molar-refractivity contribution in [2.24, 2.45) is 0 Å². The van der Waals surface area contributed by atoms with E-state index in [0.29, 0.717) is 6.42 Å². The van der Waals surface area contributed by atoms with E-state index >= 15 is 0 Å². The fourth-order valence-electron chi connectivity index (χ4n) is 1.46. The predicted octanol–water partition coefficient (Wildman–Crippen LogP) is 3.65. The summed E-state index contributed by atoms with van der Waals surface area (Å²) in [4.78, 5) is 4.42. The number of rotatable bonds is 3. The molecule has 0 bridgehead atoms. The van der Waals surface area contributed by atoms with E-state index in [2.05, 4.69) is 27.0 Å². The summed E-state index contributed by atoms with van der Waals surface area (Å²) in [5.41, 5.74) is 1.78. The van der Waals surface area contributed by atoms with Crippen LogP contribution in [0.4, 0.5) is 0 Å². The van der Waals surface area contributed by atoms with E-state index in [9.17, 15) is 0 Å². The van der Waals surface area contributed by atoms with Gasteiger partial charge in [-0.15, -0.1) is 11.3 Å². The van der Waals surface area contributed by atoms with E-state index in [1.165, 1.54) is 11.3 Å². The van der Waals surface area contributed by atoms with Crippen LogP contribution in [0.25, 0.3) is 11.3 Å². The Hall–Kier alpha value is -1.38. The monoisotopic (exact) mass is 308 g/mol. The smallest absolute Gasteiger partial charge is 0.128 e. The lowest BCUT2D eigenvalue weighted by Crippen LogP contribution is -1.88. The second kappa shape index (κ2) is 5.30. The van der Waals surface area contributed by atoms with Crippen molar-refractivity contribution >= 4 is 27.3 Å². The predicted molar refractivity (Wildman–Crippen MR) is 71.1 cm³/mol. The zero-order chi connectivity index (χ0) is 12.3. The number of hydrogen-bond acceptors (Lipinski definition) is 4. The molecule has 1 aromatic carbocycles. The first-order valence-electron chi connectivity index (χ1n) is 4.90. The number of nitriles is 1. The minimum atomic E-state index is 0.348. The molecule has 5 heteroatoms. The average molecular weight is 309 g/mol. The van der Waals surface area contributed by atoms with Crippen molar-refractivity contribution in [3.8, 4) is 23.1 Å². The third-order valence-corrected chi connectivity index (χ3v) is 3.56. The third-order valence-electron chi connectivity index (χ3n) is 2.22. The van der Waals surface area contributed by atoms with Gasteiger partial charge in [-0.3, -0.25) is 0 Å². The molecule has 0 radical (unpaired) electrons. The van der Waals surface area contributed by atoms with Crippen LogP contribution in [0.2, 0.25) is 0 Å². The Morgan fingerprint density at radius 2 is 2.35 bits per heavy atom. The molecule has 2 aromatic rings. The van der Waals surface area contributed by atoms with Gasteiger partial charge in [0.15, 0.2) is 0 Å². The Morgan fingerprint density at radius 1 is 1.53 bits per heavy atom. The molecule has 3 nitrogen and oxygen atoms in total. The minimum absolute atomic E-state index is 0.348. The first kappa shape index (κ1) is 12.1. The number of methoxy groups -OCH3 is 1. The van der Waals surface area contributed by atoms with E-state index in [1.54, 1.807) is 7.11 Å². The molecule has 0 aliphatic heterocycles. The standard InChI is InChI=1S/C12H9BrN2OS/c1-16-11-3-2-8(13)6-9(11)10-7-17-12(15-10)4-5-14/h2-3,6-7H,4H2,1H3. The molecular weight excluding hydrogens is 300 g/mol. The van der Waals surface area contributed by atoms with Crippen LogP contribution in [0, 0.1) is 11.3 Å². The largest absolute Gasteiger partial charge is 0.496 e. The van der Waals surface area contributed by atoms with Crippen molar-refractivity contribution in [1.29, 1.82) is 5.26 Å². The van der Waals surface area contributed by atoms with Gasteiger partial charge < -0.3 is 4.74 Å². The normalized spacial score (nSPS) is 9.94. The summed E-state index contributed by atoms with van der Waals surface area (Å²) in [5, 5.41) is 11.4. The summed E-state index contributed by atoms with van der Waals surface area (Å²) >= 11 is 4.92. The maximum absolute atomic E-state index is 8.63. The number of thiazole rings is 1. The molecule has 0 saturated heterocycles. The maximum Gasteiger partial charge on any atom is 0.128 e. The molecular formula is C12H9BrN2OS. The SMILES string of the molecule is COc1ccc(Br)cc1-c1csc(CC#N)n1. The van der Waals surface area contributed by atoms with E-state index in [1.807, 2.05) is 23.6 Å². The number of halogens is 1. The zero-order valence-electron chi connectivity index (χ0n) is 9.11. The summed E-state index contributed by atoms with van der Waals surface area (Å²) in [6, 6.07) is 7.87. The Labute approximate surface area is 112 Å². The van der Waals surface area contributed by atoms with Gasteiger partial charge in [0.05, 0.1) is 25.3 Å². The van der Waals surface area contributed by atoms with Gasteiger partial charge in [0.1, 0.15) is 10.8 Å². The Balaban J connectivity index is 2.44. The summed E-state index contributed by atoms with van der Waals surface area (Å²) in [5.74, 6) is 0.780. The summed E-state index contributed by atoms with van der Waals surface area (Å²) in [6.07, 6.45) is 0.348. The first-order chi connectivity index (χ1) is 8.24. The summed E-state index contributed by atoms with van der Waals surface area (Å²) in [7, 11) is 1.63. The number of nitrogens with zero attached hydrogens (tertiary/aromatic N) is 2. The lowest BCUT2D eigenvalue weighted by Gasteiger charge is -2.06. The second-order valence-electron chi connectivity index (χ2n) is 3.31. The van der Waals surface area contributed by atoms with Gasteiger partial charge >= 0.3 is 0 Å². The number of ether oxygens (including phenoxy) is 1. The van der Waals surface area contributed by atoms with Crippen LogP contribution >= 0.6 is 27.3 Å². The molecule has 0 saturated carbocycles. The van der Waals surface area contributed by atoms with Crippen LogP contribution in [0.1, 0.15) is 5.01 Å². The van der Waals surface area contributed by atoms with Crippen LogP contribution < -0.4 is 4.74 Å². The third kappa shape index (κ3) is 2.65. The van der Waals surface area contributed by atoms with Crippen molar-refractivity contribution in [2.45, 2.75) is 6.42 Å². The van der Waals surface area contributed by atoms with Crippen LogP contribution in [0.15, 0.2) is 28.1 Å². The van der Waals surface area contributed by atoms with Crippen LogP contribution in [-0.2, 0) is 6.42 Å². The van der Waals surface area contributed by atoms with Gasteiger partial charge in [0, 0.05) is 15.4 Å². The van der Waals surface area contributed by atoms with E-state index in [0.717, 1.165) is 26.5 Å². The first-order valence-corrected chi connectivity index (χ1v) is 6.57. The van der Waals surface area contributed by atoms with Crippen molar-refractivity contribution in [1.82, 2.24) is 4.98 Å². The lowest BCUT2D eigenvalue weighted by atomic mass is 10.1.